The van der Waals surface area contributed by atoms with Crippen LogP contribution in [0.2, 0.25) is 0 Å². The number of aliphatic hydroxyl groups is 1. The quantitative estimate of drug-likeness (QED) is 0.241. The summed E-state index contributed by atoms with van der Waals surface area (Å²) in [6.45, 7) is 3.94. The molecule has 3 rings (SSSR count). The molecule has 1 aliphatic heterocycles. The fraction of sp³-hybridized carbons (Fsp3) is 0.208. The van der Waals surface area contributed by atoms with Crippen LogP contribution >= 0.6 is 72.9 Å². The second kappa shape index (κ2) is 12.5. The Labute approximate surface area is 237 Å². The highest BCUT2D eigenvalue weighted by atomic mass is 127. The Morgan fingerprint density at radius 3 is 2.38 bits per heavy atom. The zero-order valence-corrected chi connectivity index (χ0v) is 24.9. The molecule has 1 N–H and O–H groups in total. The molecule has 2 aromatic carbocycles. The molecule has 0 radical (unpaired) electrons. The summed E-state index contributed by atoms with van der Waals surface area (Å²) in [4.78, 5) is 28.7. The molecular weight excluding hydrogens is 748 g/mol. The van der Waals surface area contributed by atoms with Crippen LogP contribution in [0, 0.1) is 7.14 Å². The number of amides is 1. The number of halogens is 3. The molecule has 0 saturated carbocycles. The first-order valence-electron chi connectivity index (χ1n) is 10.2. The predicted octanol–water partition coefficient (Wildman–Crippen LogP) is 7.04. The lowest BCUT2D eigenvalue weighted by Gasteiger charge is -2.12. The largest absolute Gasteiger partial charge is 0.506 e. The minimum absolute atomic E-state index is 0.0845. The van der Waals surface area contributed by atoms with Crippen molar-refractivity contribution in [2.45, 2.75) is 26.9 Å². The van der Waals surface area contributed by atoms with E-state index in [9.17, 15) is 14.7 Å². The van der Waals surface area contributed by atoms with Crippen molar-refractivity contribution >= 4 is 95.9 Å². The van der Waals surface area contributed by atoms with Crippen LogP contribution in [0.3, 0.4) is 0 Å². The number of ether oxygens (including phenoxy) is 2. The van der Waals surface area contributed by atoms with Gasteiger partial charge in [0.1, 0.15) is 28.7 Å². The third kappa shape index (κ3) is 6.85. The van der Waals surface area contributed by atoms with E-state index in [4.69, 9.17) is 9.47 Å². The summed E-state index contributed by atoms with van der Waals surface area (Å²) in [6.07, 6.45) is 1.94. The van der Waals surface area contributed by atoms with Gasteiger partial charge in [-0.1, -0.05) is 46.7 Å². The molecule has 0 bridgehead atoms. The topological polar surface area (TPSA) is 85.2 Å². The summed E-state index contributed by atoms with van der Waals surface area (Å²) in [7, 11) is 0. The van der Waals surface area contributed by atoms with Gasteiger partial charge < -0.3 is 14.6 Å². The smallest absolute Gasteiger partial charge is 0.344 e. The van der Waals surface area contributed by atoms with Crippen LogP contribution in [-0.2, 0) is 20.9 Å². The van der Waals surface area contributed by atoms with Crippen molar-refractivity contribution in [3.63, 3.8) is 0 Å². The van der Waals surface area contributed by atoms with Gasteiger partial charge in [0.2, 0.25) is 5.91 Å². The molecule has 0 aromatic heterocycles. The molecule has 1 aliphatic rings. The van der Waals surface area contributed by atoms with Gasteiger partial charge in [0.25, 0.3) is 0 Å². The molecule has 0 spiro atoms. The average Bonchev–Trinajstić information content (AvgIpc) is 3.08. The first-order valence-corrected chi connectivity index (χ1v) is 14.0. The van der Waals surface area contributed by atoms with E-state index in [1.165, 1.54) is 0 Å². The van der Waals surface area contributed by atoms with Crippen molar-refractivity contribution in [3.8, 4) is 5.75 Å². The highest BCUT2D eigenvalue weighted by Gasteiger charge is 2.33. The number of rotatable bonds is 7. The molecular formula is C24H20BrI2NO5S. The second-order valence-electron chi connectivity index (χ2n) is 6.95. The van der Waals surface area contributed by atoms with Crippen LogP contribution < -0.4 is 4.74 Å². The van der Waals surface area contributed by atoms with E-state index in [-0.39, 0.29) is 35.3 Å². The van der Waals surface area contributed by atoms with Crippen LogP contribution in [-0.4, -0.2) is 28.6 Å². The highest BCUT2D eigenvalue weighted by Crippen LogP contribution is 2.40. The van der Waals surface area contributed by atoms with E-state index in [1.54, 1.807) is 19.9 Å². The van der Waals surface area contributed by atoms with Crippen LogP contribution in [0.25, 0.3) is 6.08 Å². The number of esters is 1. The van der Waals surface area contributed by atoms with Crippen LogP contribution in [0.4, 0.5) is 0 Å². The molecule has 0 saturated heterocycles. The van der Waals surface area contributed by atoms with Gasteiger partial charge in [0, 0.05) is 10.9 Å². The van der Waals surface area contributed by atoms with Crippen molar-refractivity contribution in [3.05, 3.63) is 75.4 Å². The Bertz CT molecular complexity index is 1190. The lowest BCUT2D eigenvalue weighted by atomic mass is 10.1. The molecule has 2 aromatic rings. The van der Waals surface area contributed by atoms with E-state index in [1.807, 2.05) is 36.4 Å². The number of hydrogen-bond acceptors (Lipinski definition) is 6. The summed E-state index contributed by atoms with van der Waals surface area (Å²) in [5.74, 6) is -0.561. The van der Waals surface area contributed by atoms with E-state index in [2.05, 4.69) is 66.1 Å². The van der Waals surface area contributed by atoms with Gasteiger partial charge >= 0.3 is 5.97 Å². The number of hydrogen-bond donors (Lipinski definition) is 1. The molecule has 10 heteroatoms. The number of benzene rings is 2. The van der Waals surface area contributed by atoms with Crippen LogP contribution in [0.15, 0.2) is 62.1 Å². The molecule has 0 aliphatic carbocycles. The maximum atomic E-state index is 12.4. The average molecular weight is 768 g/mol. The fourth-order valence-corrected chi connectivity index (χ4v) is 6.30. The summed E-state index contributed by atoms with van der Waals surface area (Å²) < 4.78 is 13.9. The molecule has 0 unspecified atom stereocenters. The van der Waals surface area contributed by atoms with Gasteiger partial charge in [-0.2, -0.15) is 0 Å². The molecule has 0 atom stereocenters. The lowest BCUT2D eigenvalue weighted by Crippen LogP contribution is -2.14. The first-order chi connectivity index (χ1) is 16.2. The molecule has 0 fully saturated rings. The zero-order valence-electron chi connectivity index (χ0n) is 18.2. The standard InChI is InChI=1S/C24H20BrI2NO5S/c1-3-19(29)28-23-20(24(31)32-4-2)21(30)18(34-23)11-14-9-16(26)22(17(27)10-14)33-12-13-5-7-15(25)8-6-13/h5-11,30H,3-4,12H2,1-2H3/b18-11-,28-23?. The summed E-state index contributed by atoms with van der Waals surface area (Å²) in [6, 6.07) is 11.8. The Kier molecular flexibility index (Phi) is 10.0. The van der Waals surface area contributed by atoms with Gasteiger partial charge in [-0.3, -0.25) is 4.79 Å². The molecule has 1 amide bonds. The van der Waals surface area contributed by atoms with Crippen molar-refractivity contribution in [2.75, 3.05) is 6.61 Å². The Balaban J connectivity index is 1.89. The van der Waals surface area contributed by atoms with Crippen LogP contribution in [0.5, 0.6) is 5.75 Å². The molecule has 178 valence electrons. The van der Waals surface area contributed by atoms with Crippen molar-refractivity contribution in [1.82, 2.24) is 0 Å². The normalized spacial score (nSPS) is 15.8. The van der Waals surface area contributed by atoms with Crippen molar-refractivity contribution < 1.29 is 24.2 Å². The minimum Gasteiger partial charge on any atom is -0.506 e. The minimum atomic E-state index is -0.709. The maximum absolute atomic E-state index is 12.4. The summed E-state index contributed by atoms with van der Waals surface area (Å²) in [5.41, 5.74) is 1.78. The fourth-order valence-electron chi connectivity index (χ4n) is 2.87. The molecule has 34 heavy (non-hydrogen) atoms. The Morgan fingerprint density at radius 2 is 1.79 bits per heavy atom. The second-order valence-corrected chi connectivity index (χ2v) is 11.2. The number of aliphatic imine (C=N–C) groups is 1. The van der Waals surface area contributed by atoms with Gasteiger partial charge in [0.15, 0.2) is 0 Å². The van der Waals surface area contributed by atoms with E-state index < -0.39 is 5.97 Å². The number of thioether (sulfide) groups is 1. The number of aliphatic hydroxyl groups excluding tert-OH is 1. The summed E-state index contributed by atoms with van der Waals surface area (Å²) in [5, 5.41) is 10.9. The zero-order chi connectivity index (χ0) is 24.8. The number of carbonyl (C=O) groups is 2. The third-order valence-corrected chi connectivity index (χ3v) is 7.66. The Morgan fingerprint density at radius 1 is 1.15 bits per heavy atom. The van der Waals surface area contributed by atoms with E-state index in [0.29, 0.717) is 11.5 Å². The highest BCUT2D eigenvalue weighted by molar-refractivity contribution is 14.1. The SMILES string of the molecule is CCOC(=O)C1=C(O)/C(=C/c2cc(I)c(OCc3ccc(Br)cc3)c(I)c2)SC1=NC(=O)CC. The van der Waals surface area contributed by atoms with Gasteiger partial charge in [-0.15, -0.1) is 0 Å². The Hall–Kier alpha value is -1.38. The molecule has 1 heterocycles. The lowest BCUT2D eigenvalue weighted by molar-refractivity contribution is -0.138. The summed E-state index contributed by atoms with van der Waals surface area (Å²) >= 11 is 8.92. The molecule has 6 nitrogen and oxygen atoms in total. The van der Waals surface area contributed by atoms with Gasteiger partial charge in [-0.25, -0.2) is 9.79 Å². The monoisotopic (exact) mass is 767 g/mol. The number of carbonyl (C=O) groups excluding carboxylic acids is 2. The van der Waals surface area contributed by atoms with Gasteiger partial charge in [0.05, 0.1) is 18.7 Å². The van der Waals surface area contributed by atoms with E-state index in [0.717, 1.165) is 40.3 Å². The van der Waals surface area contributed by atoms with Crippen LogP contribution in [0.1, 0.15) is 31.4 Å². The van der Waals surface area contributed by atoms with E-state index >= 15 is 0 Å². The maximum Gasteiger partial charge on any atom is 0.344 e. The van der Waals surface area contributed by atoms with Gasteiger partial charge in [-0.05, 0) is 93.6 Å². The van der Waals surface area contributed by atoms with Crippen molar-refractivity contribution in [2.24, 2.45) is 4.99 Å². The first kappa shape index (κ1) is 27.2. The number of nitrogens with zero attached hydrogens (tertiary/aromatic N) is 1. The predicted molar refractivity (Wildman–Crippen MR) is 155 cm³/mol. The third-order valence-electron chi connectivity index (χ3n) is 4.51. The van der Waals surface area contributed by atoms with Crippen molar-refractivity contribution in [1.29, 1.82) is 0 Å².